The van der Waals surface area contributed by atoms with Crippen molar-refractivity contribution in [2.24, 2.45) is 0 Å². The van der Waals surface area contributed by atoms with E-state index < -0.39 is 33.7 Å². The SMILES string of the molecule is CCCCCCCC/C=C\CCCCCCCCOC(=O)C(CC(=O)[O-])S(=O)(=O)[O-].[Na+].[Na+]. The van der Waals surface area contributed by atoms with Gasteiger partial charge in [-0.3, -0.25) is 4.79 Å². The van der Waals surface area contributed by atoms with Gasteiger partial charge in [0.2, 0.25) is 0 Å². The predicted octanol–water partition coefficient (Wildman–Crippen LogP) is -2.37. The number of aliphatic carboxylic acids is 1. The standard InChI is InChI=1S/C22H40O7S.2Na/c1-2-3-4-5-6-7-8-9-10-11-12-13-14-15-16-17-18-29-22(25)20(19-21(23)24)30(26,27)28;;/h9-10,20H,2-8,11-19H2,1H3,(H,23,24)(H,26,27,28);;/q;2*+1/p-2/b10-9-;;. The number of rotatable bonds is 20. The molecule has 0 radical (unpaired) electrons. The van der Waals surface area contributed by atoms with Gasteiger partial charge < -0.3 is 19.2 Å². The van der Waals surface area contributed by atoms with Crippen LogP contribution in [0, 0.1) is 0 Å². The average Bonchev–Trinajstić information content (AvgIpc) is 2.67. The summed E-state index contributed by atoms with van der Waals surface area (Å²) in [7, 11) is -5.08. The van der Waals surface area contributed by atoms with E-state index in [9.17, 15) is 27.7 Å². The summed E-state index contributed by atoms with van der Waals surface area (Å²) in [6, 6.07) is 0. The first-order valence-corrected chi connectivity index (χ1v) is 12.7. The first-order chi connectivity index (χ1) is 14.3. The Labute approximate surface area is 238 Å². The van der Waals surface area contributed by atoms with Gasteiger partial charge in [-0.1, -0.05) is 76.9 Å². The summed E-state index contributed by atoms with van der Waals surface area (Å²) in [5.41, 5.74) is 0. The van der Waals surface area contributed by atoms with Crippen molar-refractivity contribution in [1.29, 1.82) is 0 Å². The third-order valence-electron chi connectivity index (χ3n) is 4.86. The van der Waals surface area contributed by atoms with E-state index in [2.05, 4.69) is 19.1 Å². The molecule has 0 aromatic rings. The molecule has 0 saturated carbocycles. The molecule has 0 aromatic carbocycles. The summed E-state index contributed by atoms with van der Waals surface area (Å²) in [6.45, 7) is 2.20. The molecule has 0 bridgehead atoms. The Morgan fingerprint density at radius 1 is 0.812 bits per heavy atom. The zero-order valence-electron chi connectivity index (χ0n) is 20.3. The van der Waals surface area contributed by atoms with Crippen LogP contribution in [0.25, 0.3) is 0 Å². The van der Waals surface area contributed by atoms with Gasteiger partial charge in [0, 0.05) is 12.4 Å². The Balaban J connectivity index is -0.00000420. The second kappa shape index (κ2) is 24.7. The largest absolute Gasteiger partial charge is 1.00 e. The molecule has 0 rings (SSSR count). The fraction of sp³-hybridized carbons (Fsp3) is 0.818. The molecule has 7 nitrogen and oxygen atoms in total. The number of carboxylic acid groups (broad SMARTS) is 1. The Kier molecular flexibility index (Phi) is 28.7. The van der Waals surface area contributed by atoms with Gasteiger partial charge in [-0.25, -0.2) is 8.42 Å². The maximum Gasteiger partial charge on any atom is 1.00 e. The van der Waals surface area contributed by atoms with E-state index >= 15 is 0 Å². The van der Waals surface area contributed by atoms with E-state index in [1.165, 1.54) is 44.9 Å². The van der Waals surface area contributed by atoms with Crippen LogP contribution in [0.2, 0.25) is 0 Å². The summed E-state index contributed by atoms with van der Waals surface area (Å²) in [5.74, 6) is -3.10. The first kappa shape index (κ1) is 37.1. The van der Waals surface area contributed by atoms with E-state index in [1.807, 2.05) is 0 Å². The van der Waals surface area contributed by atoms with Crippen LogP contribution in [0.3, 0.4) is 0 Å². The molecular weight excluding hydrogens is 454 g/mol. The molecule has 0 N–H and O–H groups in total. The first-order valence-electron chi connectivity index (χ1n) is 11.2. The van der Waals surface area contributed by atoms with Crippen LogP contribution < -0.4 is 64.2 Å². The minimum atomic E-state index is -5.08. The van der Waals surface area contributed by atoms with E-state index in [1.54, 1.807) is 0 Å². The third kappa shape index (κ3) is 23.7. The number of hydrogen-bond acceptors (Lipinski definition) is 7. The third-order valence-corrected chi connectivity index (χ3v) is 5.92. The second-order valence-electron chi connectivity index (χ2n) is 7.66. The fourth-order valence-electron chi connectivity index (χ4n) is 3.07. The maximum atomic E-state index is 11.6. The molecule has 0 spiro atoms. The topological polar surface area (TPSA) is 124 Å². The van der Waals surface area contributed by atoms with Crippen LogP contribution in [0.15, 0.2) is 12.2 Å². The van der Waals surface area contributed by atoms with Gasteiger partial charge in [-0.15, -0.1) is 0 Å². The van der Waals surface area contributed by atoms with Crippen molar-refractivity contribution < 1.29 is 91.5 Å². The number of carbonyl (C=O) groups is 2. The molecule has 0 aliphatic heterocycles. The molecule has 0 aliphatic carbocycles. The molecular formula is C22H38Na2O7S. The Morgan fingerprint density at radius 3 is 1.69 bits per heavy atom. The smallest absolute Gasteiger partial charge is 0.747 e. The molecule has 0 fully saturated rings. The van der Waals surface area contributed by atoms with Crippen molar-refractivity contribution in [2.75, 3.05) is 6.61 Å². The van der Waals surface area contributed by atoms with Crippen LogP contribution in [-0.2, 0) is 24.4 Å². The van der Waals surface area contributed by atoms with Crippen molar-refractivity contribution in [3.8, 4) is 0 Å². The van der Waals surface area contributed by atoms with Gasteiger partial charge in [0.25, 0.3) is 0 Å². The van der Waals surface area contributed by atoms with Gasteiger partial charge in [0.05, 0.1) is 6.61 Å². The summed E-state index contributed by atoms with van der Waals surface area (Å²) in [4.78, 5) is 22.1. The molecule has 0 heterocycles. The van der Waals surface area contributed by atoms with E-state index in [-0.39, 0.29) is 65.7 Å². The van der Waals surface area contributed by atoms with Crippen LogP contribution in [-0.4, -0.2) is 36.8 Å². The summed E-state index contributed by atoms with van der Waals surface area (Å²) in [5, 5.41) is 8.23. The molecule has 1 atom stereocenters. The zero-order chi connectivity index (χ0) is 22.7. The number of hydrogen-bond donors (Lipinski definition) is 0. The molecule has 1 unspecified atom stereocenters. The Hall–Kier alpha value is 0.590. The number of unbranched alkanes of at least 4 members (excludes halogenated alkanes) is 12. The molecule has 0 saturated heterocycles. The summed E-state index contributed by atoms with van der Waals surface area (Å²) >= 11 is 0. The van der Waals surface area contributed by atoms with E-state index in [0.717, 1.165) is 38.5 Å². The molecule has 10 heteroatoms. The van der Waals surface area contributed by atoms with Gasteiger partial charge in [-0.2, -0.15) is 0 Å². The maximum absolute atomic E-state index is 11.6. The van der Waals surface area contributed by atoms with Gasteiger partial charge in [0.15, 0.2) is 5.25 Å². The van der Waals surface area contributed by atoms with Crippen LogP contribution in [0.4, 0.5) is 0 Å². The van der Waals surface area contributed by atoms with E-state index in [0.29, 0.717) is 6.42 Å². The summed E-state index contributed by atoms with van der Waals surface area (Å²) < 4.78 is 37.5. The fourth-order valence-corrected chi connectivity index (χ4v) is 3.71. The van der Waals surface area contributed by atoms with Gasteiger partial charge in [0.1, 0.15) is 10.1 Å². The average molecular weight is 493 g/mol. The van der Waals surface area contributed by atoms with Gasteiger partial charge >= 0.3 is 65.1 Å². The normalized spacial score (nSPS) is 12.1. The van der Waals surface area contributed by atoms with Crippen molar-refractivity contribution >= 4 is 22.1 Å². The van der Waals surface area contributed by atoms with Crippen molar-refractivity contribution in [3.63, 3.8) is 0 Å². The number of allylic oxidation sites excluding steroid dienone is 2. The zero-order valence-corrected chi connectivity index (χ0v) is 25.1. The molecule has 176 valence electrons. The van der Waals surface area contributed by atoms with Crippen molar-refractivity contribution in [1.82, 2.24) is 0 Å². The molecule has 0 aromatic heterocycles. The van der Waals surface area contributed by atoms with Crippen LogP contribution in [0.1, 0.15) is 103 Å². The number of carbonyl (C=O) groups excluding carboxylic acids is 2. The number of esters is 1. The second-order valence-corrected chi connectivity index (χ2v) is 9.22. The quantitative estimate of drug-likeness (QED) is 0.0612. The summed E-state index contributed by atoms with van der Waals surface area (Å²) in [6.07, 6.45) is 19.2. The Bertz CT molecular complexity index is 595. The Morgan fingerprint density at radius 2 is 1.25 bits per heavy atom. The van der Waals surface area contributed by atoms with Crippen molar-refractivity contribution in [2.45, 2.75) is 108 Å². The molecule has 32 heavy (non-hydrogen) atoms. The minimum absolute atomic E-state index is 0. The van der Waals surface area contributed by atoms with Gasteiger partial charge in [-0.05, 0) is 32.1 Å². The van der Waals surface area contributed by atoms with Crippen LogP contribution in [0.5, 0.6) is 0 Å². The van der Waals surface area contributed by atoms with Crippen LogP contribution >= 0.6 is 0 Å². The van der Waals surface area contributed by atoms with Crippen molar-refractivity contribution in [3.05, 3.63) is 12.2 Å². The number of carboxylic acids is 1. The predicted molar refractivity (Wildman–Crippen MR) is 114 cm³/mol. The molecule has 0 aliphatic rings. The minimum Gasteiger partial charge on any atom is -0.747 e. The number of ether oxygens (including phenoxy) is 1. The van der Waals surface area contributed by atoms with E-state index in [4.69, 9.17) is 4.74 Å². The monoisotopic (exact) mass is 492 g/mol. The molecule has 0 amide bonds.